The maximum atomic E-state index is 12.3. The molecule has 0 unspecified atom stereocenters. The van der Waals surface area contributed by atoms with Crippen molar-refractivity contribution in [1.29, 1.82) is 0 Å². The molecule has 0 spiro atoms. The summed E-state index contributed by atoms with van der Waals surface area (Å²) in [4.78, 5) is 13.9. The van der Waals surface area contributed by atoms with Crippen LogP contribution in [0, 0.1) is 6.92 Å². The van der Waals surface area contributed by atoms with Crippen molar-refractivity contribution in [3.63, 3.8) is 0 Å². The van der Waals surface area contributed by atoms with Crippen LogP contribution in [0.3, 0.4) is 0 Å². The minimum absolute atomic E-state index is 0.111. The van der Waals surface area contributed by atoms with Gasteiger partial charge in [0.2, 0.25) is 0 Å². The van der Waals surface area contributed by atoms with E-state index in [0.29, 0.717) is 22.9 Å². The second-order valence-corrected chi connectivity index (χ2v) is 4.96. The Hall–Kier alpha value is -1.52. The lowest BCUT2D eigenvalue weighted by atomic mass is 10.1. The molecule has 0 aliphatic rings. The molecule has 1 aromatic carbocycles. The normalized spacial score (nSPS) is 10.9. The third-order valence-electron chi connectivity index (χ3n) is 3.14. The van der Waals surface area contributed by atoms with Crippen molar-refractivity contribution in [3.8, 4) is 0 Å². The maximum absolute atomic E-state index is 12.3. The molecule has 0 aliphatic carbocycles. The molecule has 0 atom stereocenters. The first-order valence-corrected chi connectivity index (χ1v) is 6.51. The molecule has 102 valence electrons. The molecule has 1 N–H and O–H groups in total. The monoisotopic (exact) mass is 280 g/mol. The van der Waals surface area contributed by atoms with E-state index in [0.717, 1.165) is 17.5 Å². The zero-order valence-electron chi connectivity index (χ0n) is 11.3. The second kappa shape index (κ2) is 5.63. The summed E-state index contributed by atoms with van der Waals surface area (Å²) < 4.78 is 5.65. The number of carbonyl (C=O) groups excluding carboxylic acids is 1. The number of nitrogens with zero attached hydrogens (tertiary/aromatic N) is 1. The van der Waals surface area contributed by atoms with E-state index in [-0.39, 0.29) is 5.91 Å². The number of carbonyl (C=O) groups is 1. The van der Waals surface area contributed by atoms with Gasteiger partial charge in [-0.05, 0) is 32.2 Å². The summed E-state index contributed by atoms with van der Waals surface area (Å²) in [7, 11) is 3.62. The molecule has 5 heteroatoms. The van der Waals surface area contributed by atoms with Crippen LogP contribution in [0.25, 0.3) is 11.0 Å². The van der Waals surface area contributed by atoms with E-state index in [1.54, 1.807) is 24.1 Å². The highest BCUT2D eigenvalue weighted by molar-refractivity contribution is 6.31. The molecule has 0 aliphatic heterocycles. The van der Waals surface area contributed by atoms with Crippen LogP contribution in [-0.4, -0.2) is 38.0 Å². The Labute approximate surface area is 117 Å². The average molecular weight is 281 g/mol. The summed E-state index contributed by atoms with van der Waals surface area (Å²) in [5, 5.41) is 4.54. The number of hydrogen-bond donors (Lipinski definition) is 1. The Kier molecular flexibility index (Phi) is 4.12. The summed E-state index contributed by atoms with van der Waals surface area (Å²) in [6.45, 7) is 3.25. The van der Waals surface area contributed by atoms with Gasteiger partial charge in [0, 0.05) is 36.1 Å². The number of furan rings is 1. The molecule has 0 fully saturated rings. The molecule has 2 rings (SSSR count). The minimum Gasteiger partial charge on any atom is -0.451 e. The summed E-state index contributed by atoms with van der Waals surface area (Å²) in [5.74, 6) is 0.274. The zero-order valence-corrected chi connectivity index (χ0v) is 12.0. The maximum Gasteiger partial charge on any atom is 0.289 e. The van der Waals surface area contributed by atoms with Gasteiger partial charge in [-0.3, -0.25) is 4.79 Å². The summed E-state index contributed by atoms with van der Waals surface area (Å²) >= 11 is 5.97. The third-order valence-corrected chi connectivity index (χ3v) is 3.37. The fraction of sp³-hybridized carbons (Fsp3) is 0.357. The highest BCUT2D eigenvalue weighted by Gasteiger charge is 2.20. The molecular weight excluding hydrogens is 264 g/mol. The fourth-order valence-electron chi connectivity index (χ4n) is 1.95. The highest BCUT2D eigenvalue weighted by atomic mass is 35.5. The van der Waals surface area contributed by atoms with Gasteiger partial charge in [0.05, 0.1) is 0 Å². The summed E-state index contributed by atoms with van der Waals surface area (Å²) in [6.07, 6.45) is 0. The predicted molar refractivity (Wildman–Crippen MR) is 76.8 cm³/mol. The number of hydrogen-bond acceptors (Lipinski definition) is 3. The van der Waals surface area contributed by atoms with Crippen LogP contribution < -0.4 is 5.32 Å². The molecular formula is C14H17ClN2O2. The average Bonchev–Trinajstić information content (AvgIpc) is 2.72. The topological polar surface area (TPSA) is 45.5 Å². The number of amides is 1. The van der Waals surface area contributed by atoms with Crippen molar-refractivity contribution in [2.24, 2.45) is 0 Å². The van der Waals surface area contributed by atoms with Crippen LogP contribution in [-0.2, 0) is 0 Å². The number of benzene rings is 1. The van der Waals surface area contributed by atoms with Crippen molar-refractivity contribution in [2.75, 3.05) is 27.2 Å². The number of halogens is 1. The Balaban J connectivity index is 2.34. The first kappa shape index (κ1) is 13.9. The molecule has 1 heterocycles. The van der Waals surface area contributed by atoms with Crippen LogP contribution in [0.5, 0.6) is 0 Å². The Morgan fingerprint density at radius 3 is 2.89 bits per heavy atom. The Morgan fingerprint density at radius 2 is 2.21 bits per heavy atom. The van der Waals surface area contributed by atoms with Crippen molar-refractivity contribution in [1.82, 2.24) is 10.2 Å². The van der Waals surface area contributed by atoms with E-state index < -0.39 is 0 Å². The van der Waals surface area contributed by atoms with Gasteiger partial charge in [0.25, 0.3) is 5.91 Å². The molecule has 2 aromatic rings. The molecule has 19 heavy (non-hydrogen) atoms. The predicted octanol–water partition coefficient (Wildman–Crippen LogP) is 2.69. The number of aryl methyl sites for hydroxylation is 1. The van der Waals surface area contributed by atoms with Crippen LogP contribution >= 0.6 is 11.6 Å². The van der Waals surface area contributed by atoms with Gasteiger partial charge >= 0.3 is 0 Å². The first-order valence-electron chi connectivity index (χ1n) is 6.13. The van der Waals surface area contributed by atoms with Gasteiger partial charge in [-0.15, -0.1) is 0 Å². The first-order chi connectivity index (χ1) is 9.04. The largest absolute Gasteiger partial charge is 0.451 e. The number of likely N-dealkylation sites (N-methyl/N-ethyl adjacent to an activating group) is 2. The van der Waals surface area contributed by atoms with E-state index in [1.807, 2.05) is 20.0 Å². The van der Waals surface area contributed by atoms with Crippen molar-refractivity contribution < 1.29 is 9.21 Å². The third kappa shape index (κ3) is 2.74. The van der Waals surface area contributed by atoms with Gasteiger partial charge in [0.15, 0.2) is 5.76 Å². The van der Waals surface area contributed by atoms with E-state index in [9.17, 15) is 4.79 Å². The Bertz CT molecular complexity index is 607. The van der Waals surface area contributed by atoms with Gasteiger partial charge in [-0.1, -0.05) is 11.6 Å². The van der Waals surface area contributed by atoms with Crippen molar-refractivity contribution >= 4 is 28.5 Å². The van der Waals surface area contributed by atoms with Crippen molar-refractivity contribution in [3.05, 3.63) is 34.5 Å². The van der Waals surface area contributed by atoms with Gasteiger partial charge in [0.1, 0.15) is 5.58 Å². The van der Waals surface area contributed by atoms with E-state index in [1.165, 1.54) is 0 Å². The van der Waals surface area contributed by atoms with E-state index in [2.05, 4.69) is 5.32 Å². The summed E-state index contributed by atoms with van der Waals surface area (Å²) in [5.41, 5.74) is 1.52. The standard InChI is InChI=1S/C14H17ClN2O2/c1-9-11-8-10(15)4-5-12(11)19-13(9)14(18)17(3)7-6-16-2/h4-5,8,16H,6-7H2,1-3H3. The smallest absolute Gasteiger partial charge is 0.289 e. The highest BCUT2D eigenvalue weighted by Crippen LogP contribution is 2.28. The molecule has 0 radical (unpaired) electrons. The summed E-state index contributed by atoms with van der Waals surface area (Å²) in [6, 6.07) is 5.36. The van der Waals surface area contributed by atoms with Gasteiger partial charge in [-0.25, -0.2) is 0 Å². The SMILES string of the molecule is CNCCN(C)C(=O)c1oc2ccc(Cl)cc2c1C. The molecule has 4 nitrogen and oxygen atoms in total. The Morgan fingerprint density at radius 1 is 1.47 bits per heavy atom. The van der Waals surface area contributed by atoms with Crippen molar-refractivity contribution in [2.45, 2.75) is 6.92 Å². The fourth-order valence-corrected chi connectivity index (χ4v) is 2.12. The second-order valence-electron chi connectivity index (χ2n) is 4.53. The molecule has 1 amide bonds. The lowest BCUT2D eigenvalue weighted by molar-refractivity contribution is 0.0767. The van der Waals surface area contributed by atoms with E-state index >= 15 is 0 Å². The number of nitrogens with one attached hydrogen (secondary N) is 1. The van der Waals surface area contributed by atoms with Crippen LogP contribution in [0.15, 0.2) is 22.6 Å². The minimum atomic E-state index is -0.111. The lowest BCUT2D eigenvalue weighted by Gasteiger charge is -2.15. The van der Waals surface area contributed by atoms with Crippen LogP contribution in [0.2, 0.25) is 5.02 Å². The quantitative estimate of drug-likeness (QED) is 0.937. The van der Waals surface area contributed by atoms with Crippen LogP contribution in [0.1, 0.15) is 16.1 Å². The molecule has 0 saturated carbocycles. The lowest BCUT2D eigenvalue weighted by Crippen LogP contribution is -2.32. The van der Waals surface area contributed by atoms with Gasteiger partial charge < -0.3 is 14.6 Å². The van der Waals surface area contributed by atoms with Gasteiger partial charge in [-0.2, -0.15) is 0 Å². The molecule has 1 aromatic heterocycles. The van der Waals surface area contributed by atoms with Crippen LogP contribution in [0.4, 0.5) is 0 Å². The molecule has 0 saturated heterocycles. The van der Waals surface area contributed by atoms with E-state index in [4.69, 9.17) is 16.0 Å². The zero-order chi connectivity index (χ0) is 14.0. The molecule has 0 bridgehead atoms. The number of fused-ring (bicyclic) bond motifs is 1. The number of rotatable bonds is 4.